The highest BCUT2D eigenvalue weighted by Crippen LogP contribution is 2.23. The summed E-state index contributed by atoms with van der Waals surface area (Å²) < 4.78 is 0. The molecule has 0 aliphatic heterocycles. The minimum Gasteiger partial charge on any atom is -0.370 e. The Bertz CT molecular complexity index is 845. The SMILES string of the molecule is Cc1cc(NC(=O)[C@H](CCCN=C(N)N)NC(=O)CN)cc2ccccc12. The average molecular weight is 370 g/mol. The fourth-order valence-corrected chi connectivity index (χ4v) is 2.83. The molecule has 0 aliphatic carbocycles. The second kappa shape index (κ2) is 9.54. The number of anilines is 1. The summed E-state index contributed by atoms with van der Waals surface area (Å²) >= 11 is 0. The first-order valence-electron chi connectivity index (χ1n) is 8.75. The number of guanidine groups is 1. The zero-order valence-corrected chi connectivity index (χ0v) is 15.4. The van der Waals surface area contributed by atoms with Crippen molar-refractivity contribution in [2.24, 2.45) is 22.2 Å². The molecule has 1 atom stereocenters. The Kier molecular flexibility index (Phi) is 7.13. The third-order valence-corrected chi connectivity index (χ3v) is 4.12. The summed E-state index contributed by atoms with van der Waals surface area (Å²) in [5.74, 6) is -0.712. The maximum Gasteiger partial charge on any atom is 0.246 e. The number of hydrogen-bond acceptors (Lipinski definition) is 4. The maximum absolute atomic E-state index is 12.7. The maximum atomic E-state index is 12.7. The van der Waals surface area contributed by atoms with Crippen molar-refractivity contribution in [1.82, 2.24) is 5.32 Å². The zero-order valence-electron chi connectivity index (χ0n) is 15.4. The molecule has 144 valence electrons. The van der Waals surface area contributed by atoms with E-state index in [2.05, 4.69) is 15.6 Å². The fraction of sp³-hybridized carbons (Fsp3) is 0.316. The van der Waals surface area contributed by atoms with Gasteiger partial charge in [0.1, 0.15) is 6.04 Å². The lowest BCUT2D eigenvalue weighted by Crippen LogP contribution is -2.46. The van der Waals surface area contributed by atoms with E-state index in [-0.39, 0.29) is 18.4 Å². The Morgan fingerprint density at radius 1 is 1.19 bits per heavy atom. The molecule has 2 rings (SSSR count). The molecule has 0 heterocycles. The van der Waals surface area contributed by atoms with Gasteiger partial charge in [0.15, 0.2) is 5.96 Å². The van der Waals surface area contributed by atoms with E-state index in [1.807, 2.05) is 43.3 Å². The molecular formula is C19H26N6O2. The second-order valence-corrected chi connectivity index (χ2v) is 6.28. The summed E-state index contributed by atoms with van der Waals surface area (Å²) in [5, 5.41) is 7.67. The van der Waals surface area contributed by atoms with Crippen LogP contribution < -0.4 is 27.8 Å². The van der Waals surface area contributed by atoms with Crippen LogP contribution in [0.15, 0.2) is 41.4 Å². The van der Waals surface area contributed by atoms with E-state index < -0.39 is 11.9 Å². The predicted molar refractivity (Wildman–Crippen MR) is 108 cm³/mol. The van der Waals surface area contributed by atoms with Crippen molar-refractivity contribution in [2.75, 3.05) is 18.4 Å². The van der Waals surface area contributed by atoms with Crippen LogP contribution in [-0.4, -0.2) is 36.9 Å². The number of benzene rings is 2. The molecular weight excluding hydrogens is 344 g/mol. The van der Waals surface area contributed by atoms with Crippen molar-refractivity contribution in [3.8, 4) is 0 Å². The third-order valence-electron chi connectivity index (χ3n) is 4.12. The summed E-state index contributed by atoms with van der Waals surface area (Å²) in [6.07, 6.45) is 0.929. The molecule has 0 bridgehead atoms. The average Bonchev–Trinajstić information content (AvgIpc) is 2.63. The van der Waals surface area contributed by atoms with E-state index in [9.17, 15) is 9.59 Å². The van der Waals surface area contributed by atoms with Crippen molar-refractivity contribution in [2.45, 2.75) is 25.8 Å². The number of rotatable bonds is 8. The van der Waals surface area contributed by atoms with Crippen molar-refractivity contribution < 1.29 is 9.59 Å². The molecule has 0 radical (unpaired) electrons. The number of nitrogens with zero attached hydrogens (tertiary/aromatic N) is 1. The lowest BCUT2D eigenvalue weighted by atomic mass is 10.0. The number of aliphatic imine (C=N–C) groups is 1. The van der Waals surface area contributed by atoms with Gasteiger partial charge in [-0.05, 0) is 48.2 Å². The smallest absolute Gasteiger partial charge is 0.246 e. The molecule has 0 aliphatic rings. The van der Waals surface area contributed by atoms with E-state index in [1.165, 1.54) is 0 Å². The first kappa shape index (κ1) is 20.2. The predicted octanol–water partition coefficient (Wildman–Crippen LogP) is 0.584. The van der Waals surface area contributed by atoms with Gasteiger partial charge in [0, 0.05) is 12.2 Å². The van der Waals surface area contributed by atoms with E-state index in [4.69, 9.17) is 17.2 Å². The summed E-state index contributed by atoms with van der Waals surface area (Å²) in [6, 6.07) is 11.0. The monoisotopic (exact) mass is 370 g/mol. The van der Waals surface area contributed by atoms with Crippen LogP contribution >= 0.6 is 0 Å². The van der Waals surface area contributed by atoms with Gasteiger partial charge in [0.05, 0.1) is 6.54 Å². The Balaban J connectivity index is 2.11. The summed E-state index contributed by atoms with van der Waals surface area (Å²) in [7, 11) is 0. The van der Waals surface area contributed by atoms with Gasteiger partial charge in [-0.2, -0.15) is 0 Å². The van der Waals surface area contributed by atoms with Crippen LogP contribution in [0.3, 0.4) is 0 Å². The Hall–Kier alpha value is -3.13. The van der Waals surface area contributed by atoms with Crippen LogP contribution in [0.4, 0.5) is 5.69 Å². The highest BCUT2D eigenvalue weighted by molar-refractivity contribution is 5.99. The molecule has 27 heavy (non-hydrogen) atoms. The number of hydrogen-bond donors (Lipinski definition) is 5. The Morgan fingerprint density at radius 3 is 2.63 bits per heavy atom. The first-order chi connectivity index (χ1) is 12.9. The van der Waals surface area contributed by atoms with Crippen LogP contribution in [0.2, 0.25) is 0 Å². The van der Waals surface area contributed by atoms with Crippen LogP contribution in [0.5, 0.6) is 0 Å². The van der Waals surface area contributed by atoms with Gasteiger partial charge < -0.3 is 27.8 Å². The molecule has 2 aromatic carbocycles. The molecule has 0 unspecified atom stereocenters. The third kappa shape index (κ3) is 5.96. The highest BCUT2D eigenvalue weighted by atomic mass is 16.2. The minimum atomic E-state index is -0.720. The van der Waals surface area contributed by atoms with Crippen molar-refractivity contribution in [1.29, 1.82) is 0 Å². The zero-order chi connectivity index (χ0) is 19.8. The quantitative estimate of drug-likeness (QED) is 0.262. The van der Waals surface area contributed by atoms with Gasteiger partial charge in [-0.3, -0.25) is 14.6 Å². The van der Waals surface area contributed by atoms with Gasteiger partial charge >= 0.3 is 0 Å². The van der Waals surface area contributed by atoms with Crippen LogP contribution in [0.25, 0.3) is 10.8 Å². The van der Waals surface area contributed by atoms with E-state index in [0.29, 0.717) is 25.1 Å². The summed E-state index contributed by atoms with van der Waals surface area (Å²) in [6.45, 7) is 2.17. The minimum absolute atomic E-state index is 0.00589. The molecule has 2 amide bonds. The molecule has 0 aromatic heterocycles. The van der Waals surface area contributed by atoms with Gasteiger partial charge in [-0.15, -0.1) is 0 Å². The van der Waals surface area contributed by atoms with Gasteiger partial charge in [0.25, 0.3) is 0 Å². The van der Waals surface area contributed by atoms with Gasteiger partial charge in [-0.1, -0.05) is 24.3 Å². The van der Waals surface area contributed by atoms with E-state index in [0.717, 1.165) is 16.3 Å². The number of nitrogens with one attached hydrogen (secondary N) is 2. The normalized spacial score (nSPS) is 11.6. The molecule has 8 heteroatoms. The largest absolute Gasteiger partial charge is 0.370 e. The molecule has 0 spiro atoms. The lowest BCUT2D eigenvalue weighted by Gasteiger charge is -2.18. The van der Waals surface area contributed by atoms with Crippen molar-refractivity contribution in [3.63, 3.8) is 0 Å². The second-order valence-electron chi connectivity index (χ2n) is 6.28. The number of carbonyl (C=O) groups is 2. The Morgan fingerprint density at radius 2 is 1.93 bits per heavy atom. The topological polar surface area (TPSA) is 149 Å². The van der Waals surface area contributed by atoms with Crippen LogP contribution in [0, 0.1) is 6.92 Å². The molecule has 0 saturated heterocycles. The van der Waals surface area contributed by atoms with Gasteiger partial charge in [-0.25, -0.2) is 0 Å². The molecule has 8 N–H and O–H groups in total. The molecule has 0 fully saturated rings. The molecule has 8 nitrogen and oxygen atoms in total. The number of nitrogens with two attached hydrogens (primary N) is 3. The number of fused-ring (bicyclic) bond motifs is 1. The fourth-order valence-electron chi connectivity index (χ4n) is 2.83. The Labute approximate surface area is 158 Å². The first-order valence-corrected chi connectivity index (χ1v) is 8.75. The summed E-state index contributed by atoms with van der Waals surface area (Å²) in [5.41, 5.74) is 17.7. The van der Waals surface area contributed by atoms with Crippen LogP contribution in [-0.2, 0) is 9.59 Å². The van der Waals surface area contributed by atoms with Crippen LogP contribution in [0.1, 0.15) is 18.4 Å². The van der Waals surface area contributed by atoms with E-state index in [1.54, 1.807) is 0 Å². The molecule has 2 aromatic rings. The number of amides is 2. The van der Waals surface area contributed by atoms with Crippen molar-refractivity contribution >= 4 is 34.2 Å². The highest BCUT2D eigenvalue weighted by Gasteiger charge is 2.20. The lowest BCUT2D eigenvalue weighted by molar-refractivity contribution is -0.125. The molecule has 0 saturated carbocycles. The standard InChI is InChI=1S/C19H26N6O2/c1-12-9-14(10-13-5-2-3-6-15(12)13)24-18(27)16(25-17(26)11-20)7-4-8-23-19(21)22/h2-3,5-6,9-10,16H,4,7-8,11,20H2,1H3,(H,24,27)(H,25,26)(H4,21,22,23)/t16-/m0/s1. The summed E-state index contributed by atoms with van der Waals surface area (Å²) in [4.78, 5) is 28.2. The van der Waals surface area contributed by atoms with Gasteiger partial charge in [0.2, 0.25) is 11.8 Å². The van der Waals surface area contributed by atoms with E-state index >= 15 is 0 Å². The number of aryl methyl sites for hydroxylation is 1. The number of carbonyl (C=O) groups excluding carboxylic acids is 2. The van der Waals surface area contributed by atoms with Crippen molar-refractivity contribution in [3.05, 3.63) is 42.0 Å².